The van der Waals surface area contributed by atoms with Gasteiger partial charge in [0.15, 0.2) is 0 Å². The number of carbonyl (C=O) groups is 1. The lowest BCUT2D eigenvalue weighted by molar-refractivity contribution is 0.0231. The lowest BCUT2D eigenvalue weighted by Gasteiger charge is -2.39. The normalized spacial score (nSPS) is 24.4. The highest BCUT2D eigenvalue weighted by molar-refractivity contribution is 9.11. The summed E-state index contributed by atoms with van der Waals surface area (Å²) in [5.41, 5.74) is -0.549. The predicted molar refractivity (Wildman–Crippen MR) is 85.2 cm³/mol. The number of nitrogens with one attached hydrogen (secondary N) is 1. The number of ether oxygens (including phenoxy) is 1. The Hall–Kier alpha value is -1.01. The number of halogens is 1. The van der Waals surface area contributed by atoms with E-state index in [0.717, 1.165) is 25.9 Å². The van der Waals surface area contributed by atoms with Crippen molar-refractivity contribution in [2.45, 2.75) is 45.3 Å². The summed E-state index contributed by atoms with van der Waals surface area (Å²) >= 11 is 3.38. The van der Waals surface area contributed by atoms with E-state index in [1.807, 2.05) is 20.8 Å². The SMILES string of the molecule is CC(C)(C)OC(=O)N1C(Br)=CC(O)=CC1C1CCNCC1. The molecule has 0 aromatic rings. The van der Waals surface area contributed by atoms with Gasteiger partial charge in [0.05, 0.1) is 10.6 Å². The van der Waals surface area contributed by atoms with Gasteiger partial charge in [0.25, 0.3) is 0 Å². The van der Waals surface area contributed by atoms with Gasteiger partial charge in [-0.3, -0.25) is 4.90 Å². The van der Waals surface area contributed by atoms with Crippen LogP contribution in [0.5, 0.6) is 0 Å². The minimum atomic E-state index is -0.549. The maximum Gasteiger partial charge on any atom is 0.415 e. The quantitative estimate of drug-likeness (QED) is 0.706. The summed E-state index contributed by atoms with van der Waals surface area (Å²) < 4.78 is 6.04. The number of hydrogen-bond acceptors (Lipinski definition) is 4. The molecule has 1 unspecified atom stereocenters. The smallest absolute Gasteiger partial charge is 0.415 e. The summed E-state index contributed by atoms with van der Waals surface area (Å²) in [4.78, 5) is 14.1. The molecule has 2 aliphatic heterocycles. The van der Waals surface area contributed by atoms with Gasteiger partial charge >= 0.3 is 6.09 Å². The van der Waals surface area contributed by atoms with Crippen molar-refractivity contribution in [2.24, 2.45) is 5.92 Å². The molecule has 0 aliphatic carbocycles. The van der Waals surface area contributed by atoms with Crippen LogP contribution in [0.4, 0.5) is 4.79 Å². The molecule has 0 saturated carbocycles. The van der Waals surface area contributed by atoms with Gasteiger partial charge in [0, 0.05) is 6.08 Å². The number of hydrogen-bond donors (Lipinski definition) is 2. The van der Waals surface area contributed by atoms with Gasteiger partial charge in [-0.25, -0.2) is 4.79 Å². The molecule has 1 saturated heterocycles. The van der Waals surface area contributed by atoms with Crippen molar-refractivity contribution in [3.05, 3.63) is 22.5 Å². The molecule has 1 atom stereocenters. The van der Waals surface area contributed by atoms with E-state index in [9.17, 15) is 9.90 Å². The van der Waals surface area contributed by atoms with Crippen molar-refractivity contribution in [2.75, 3.05) is 13.1 Å². The summed E-state index contributed by atoms with van der Waals surface area (Å²) in [6.45, 7) is 7.40. The second kappa shape index (κ2) is 6.40. The van der Waals surface area contributed by atoms with Crippen LogP contribution in [0.1, 0.15) is 33.6 Å². The van der Waals surface area contributed by atoms with Crippen LogP contribution in [0.15, 0.2) is 22.5 Å². The molecule has 1 amide bonds. The highest BCUT2D eigenvalue weighted by atomic mass is 79.9. The van der Waals surface area contributed by atoms with E-state index in [1.54, 1.807) is 11.0 Å². The van der Waals surface area contributed by atoms with Crippen LogP contribution < -0.4 is 5.32 Å². The Morgan fingerprint density at radius 2 is 2.05 bits per heavy atom. The number of rotatable bonds is 1. The number of nitrogens with zero attached hydrogens (tertiary/aromatic N) is 1. The van der Waals surface area contributed by atoms with E-state index in [1.165, 1.54) is 6.08 Å². The summed E-state index contributed by atoms with van der Waals surface area (Å²) in [6.07, 6.45) is 4.81. The number of aliphatic hydroxyl groups is 1. The molecule has 0 spiro atoms. The van der Waals surface area contributed by atoms with Gasteiger partial charge in [-0.2, -0.15) is 0 Å². The van der Waals surface area contributed by atoms with E-state index in [2.05, 4.69) is 21.2 Å². The van der Waals surface area contributed by atoms with Crippen molar-refractivity contribution in [1.82, 2.24) is 10.2 Å². The van der Waals surface area contributed by atoms with Crippen LogP contribution in [0.3, 0.4) is 0 Å². The zero-order chi connectivity index (χ0) is 15.6. The largest absolute Gasteiger partial charge is 0.508 e. The maximum absolute atomic E-state index is 12.5. The minimum Gasteiger partial charge on any atom is -0.508 e. The van der Waals surface area contributed by atoms with Crippen LogP contribution in [0.2, 0.25) is 0 Å². The summed E-state index contributed by atoms with van der Waals surface area (Å²) in [5, 5.41) is 13.2. The second-order valence-electron chi connectivity index (χ2n) is 6.49. The molecule has 5 nitrogen and oxygen atoms in total. The van der Waals surface area contributed by atoms with Crippen LogP contribution >= 0.6 is 15.9 Å². The summed E-state index contributed by atoms with van der Waals surface area (Å²) in [6, 6.07) is -0.179. The summed E-state index contributed by atoms with van der Waals surface area (Å²) in [7, 11) is 0. The molecule has 2 aliphatic rings. The molecule has 0 aromatic carbocycles. The molecule has 2 rings (SSSR count). The minimum absolute atomic E-state index is 0.179. The van der Waals surface area contributed by atoms with Gasteiger partial charge in [-0.15, -0.1) is 0 Å². The highest BCUT2D eigenvalue weighted by Crippen LogP contribution is 2.33. The molecular formula is C15H23BrN2O3. The zero-order valence-corrected chi connectivity index (χ0v) is 14.3. The topological polar surface area (TPSA) is 61.8 Å². The maximum atomic E-state index is 12.5. The van der Waals surface area contributed by atoms with Crippen LogP contribution in [0, 0.1) is 5.92 Å². The molecule has 1 fully saturated rings. The van der Waals surface area contributed by atoms with Gasteiger partial charge < -0.3 is 15.2 Å². The lowest BCUT2D eigenvalue weighted by atomic mass is 9.88. The lowest BCUT2D eigenvalue weighted by Crippen LogP contribution is -2.48. The van der Waals surface area contributed by atoms with E-state index >= 15 is 0 Å². The van der Waals surface area contributed by atoms with Gasteiger partial charge in [-0.1, -0.05) is 0 Å². The monoisotopic (exact) mass is 358 g/mol. The molecule has 2 heterocycles. The van der Waals surface area contributed by atoms with E-state index < -0.39 is 11.7 Å². The fraction of sp³-hybridized carbons (Fsp3) is 0.667. The van der Waals surface area contributed by atoms with Crippen LogP contribution in [0.25, 0.3) is 0 Å². The predicted octanol–water partition coefficient (Wildman–Crippen LogP) is 3.28. The van der Waals surface area contributed by atoms with Crippen LogP contribution in [-0.4, -0.2) is 40.8 Å². The first-order valence-corrected chi connectivity index (χ1v) is 8.08. The Morgan fingerprint density at radius 3 is 2.62 bits per heavy atom. The molecule has 21 heavy (non-hydrogen) atoms. The third kappa shape index (κ3) is 4.23. The fourth-order valence-electron chi connectivity index (χ4n) is 2.68. The first-order chi connectivity index (χ1) is 9.78. The van der Waals surface area contributed by atoms with Gasteiger partial charge in [0.2, 0.25) is 0 Å². The van der Waals surface area contributed by atoms with Crippen molar-refractivity contribution in [3.8, 4) is 0 Å². The van der Waals surface area contributed by atoms with E-state index in [-0.39, 0.29) is 11.8 Å². The van der Waals surface area contributed by atoms with E-state index in [4.69, 9.17) is 4.74 Å². The molecule has 2 N–H and O–H groups in total. The number of allylic oxidation sites excluding steroid dienone is 1. The Kier molecular flexibility index (Phi) is 4.99. The molecular weight excluding hydrogens is 336 g/mol. The Bertz CT molecular complexity index is 462. The average Bonchev–Trinajstić information content (AvgIpc) is 2.36. The van der Waals surface area contributed by atoms with Crippen molar-refractivity contribution in [1.29, 1.82) is 0 Å². The van der Waals surface area contributed by atoms with Gasteiger partial charge in [-0.05, 0) is 74.6 Å². The first kappa shape index (κ1) is 16.4. The van der Waals surface area contributed by atoms with Crippen LogP contribution in [-0.2, 0) is 4.74 Å². The Labute approximate surface area is 134 Å². The summed E-state index contributed by atoms with van der Waals surface area (Å²) in [5.74, 6) is 0.493. The standard InChI is InChI=1S/C15H23BrN2O3/c1-15(2,3)21-14(20)18-12(8-11(19)9-13(18)16)10-4-6-17-7-5-10/h8-10,12,17,19H,4-7H2,1-3H3. The molecule has 118 valence electrons. The Balaban J connectivity index is 2.21. The molecule has 0 aromatic heterocycles. The van der Waals surface area contributed by atoms with Crippen molar-refractivity contribution >= 4 is 22.0 Å². The third-order valence-corrected chi connectivity index (χ3v) is 4.20. The third-order valence-electron chi connectivity index (χ3n) is 3.59. The first-order valence-electron chi connectivity index (χ1n) is 7.29. The molecule has 6 heteroatoms. The Morgan fingerprint density at radius 1 is 1.43 bits per heavy atom. The van der Waals surface area contributed by atoms with Crippen molar-refractivity contribution in [3.63, 3.8) is 0 Å². The number of carbonyl (C=O) groups excluding carboxylic acids is 1. The zero-order valence-electron chi connectivity index (χ0n) is 12.7. The van der Waals surface area contributed by atoms with Gasteiger partial charge in [0.1, 0.15) is 11.4 Å². The molecule has 0 bridgehead atoms. The number of piperidine rings is 1. The number of amides is 1. The van der Waals surface area contributed by atoms with E-state index in [0.29, 0.717) is 10.5 Å². The average molecular weight is 359 g/mol. The fourth-order valence-corrected chi connectivity index (χ4v) is 3.30. The highest BCUT2D eigenvalue weighted by Gasteiger charge is 2.36. The molecule has 0 radical (unpaired) electrons. The second-order valence-corrected chi connectivity index (χ2v) is 7.30. The van der Waals surface area contributed by atoms with Crippen molar-refractivity contribution < 1.29 is 14.6 Å². The number of aliphatic hydroxyl groups excluding tert-OH is 1.